The molecule has 1 aromatic heterocycles. The van der Waals surface area contributed by atoms with Crippen LogP contribution in [0.1, 0.15) is 5.69 Å². The molecule has 0 atom stereocenters. The minimum Gasteiger partial charge on any atom is -0.340 e. The predicted octanol–water partition coefficient (Wildman–Crippen LogP) is 0.889. The summed E-state index contributed by atoms with van der Waals surface area (Å²) in [5.74, 6) is 0. The Morgan fingerprint density at radius 2 is 2.20 bits per heavy atom. The van der Waals surface area contributed by atoms with E-state index in [4.69, 9.17) is 10.8 Å². The summed E-state index contributed by atoms with van der Waals surface area (Å²) in [6.07, 6.45) is 1.89. The molecule has 0 bridgehead atoms. The average molecular weight is 133 g/mol. The summed E-state index contributed by atoms with van der Waals surface area (Å²) in [5.41, 5.74) is 1.64. The van der Waals surface area contributed by atoms with Crippen LogP contribution in [0, 0.1) is 10.8 Å². The first-order valence-electron chi connectivity index (χ1n) is 3.11. The smallest absolute Gasteiger partial charge is 0.100 e. The molecule has 3 heteroatoms. The van der Waals surface area contributed by atoms with Crippen molar-refractivity contribution in [2.24, 2.45) is 0 Å². The summed E-state index contributed by atoms with van der Waals surface area (Å²) in [4.78, 5) is 0. The second-order valence-electron chi connectivity index (χ2n) is 2.37. The van der Waals surface area contributed by atoms with Crippen molar-refractivity contribution in [3.8, 4) is 0 Å². The van der Waals surface area contributed by atoms with Gasteiger partial charge >= 0.3 is 0 Å². The molecule has 1 aromatic rings. The Bertz CT molecular complexity index is 308. The van der Waals surface area contributed by atoms with E-state index in [9.17, 15) is 0 Å². The van der Waals surface area contributed by atoms with E-state index >= 15 is 0 Å². The van der Waals surface area contributed by atoms with Crippen molar-refractivity contribution in [2.45, 2.75) is 6.54 Å². The number of hydrogen-bond donors (Lipinski definition) is 2. The third kappa shape index (κ3) is 0.492. The van der Waals surface area contributed by atoms with Gasteiger partial charge in [-0.1, -0.05) is 0 Å². The van der Waals surface area contributed by atoms with E-state index in [1.165, 1.54) is 0 Å². The normalized spacial score (nSPS) is 16.0. The second kappa shape index (κ2) is 1.56. The minimum atomic E-state index is 0.366. The van der Waals surface area contributed by atoms with E-state index in [2.05, 4.69) is 0 Å². The number of rotatable bonds is 0. The van der Waals surface area contributed by atoms with Gasteiger partial charge in [0.25, 0.3) is 0 Å². The van der Waals surface area contributed by atoms with Gasteiger partial charge < -0.3 is 9.98 Å². The number of nitrogens with zero attached hydrogens (tertiary/aromatic N) is 1. The molecule has 10 heavy (non-hydrogen) atoms. The van der Waals surface area contributed by atoms with Gasteiger partial charge in [0, 0.05) is 6.20 Å². The molecule has 50 valence electrons. The van der Waals surface area contributed by atoms with Gasteiger partial charge in [0.1, 0.15) is 5.71 Å². The van der Waals surface area contributed by atoms with E-state index in [1.54, 1.807) is 0 Å². The van der Waals surface area contributed by atoms with Crippen molar-refractivity contribution in [2.75, 3.05) is 0 Å². The Kier molecular flexibility index (Phi) is 0.845. The Labute approximate surface area is 58.3 Å². The number of fused-ring (bicyclic) bond motifs is 1. The molecule has 0 saturated heterocycles. The maximum atomic E-state index is 7.41. The maximum Gasteiger partial charge on any atom is 0.100 e. The Hall–Kier alpha value is -1.38. The van der Waals surface area contributed by atoms with Crippen LogP contribution >= 0.6 is 0 Å². The molecule has 0 radical (unpaired) electrons. The number of aromatic nitrogens is 1. The van der Waals surface area contributed by atoms with Crippen LogP contribution in [-0.2, 0) is 6.54 Å². The fourth-order valence-corrected chi connectivity index (χ4v) is 1.18. The van der Waals surface area contributed by atoms with Gasteiger partial charge in [-0.15, -0.1) is 0 Å². The van der Waals surface area contributed by atoms with Crippen LogP contribution < -0.4 is 0 Å². The van der Waals surface area contributed by atoms with Gasteiger partial charge in [-0.2, -0.15) is 0 Å². The molecule has 0 aliphatic carbocycles. The zero-order valence-corrected chi connectivity index (χ0v) is 5.39. The van der Waals surface area contributed by atoms with E-state index in [1.807, 2.05) is 22.9 Å². The lowest BCUT2D eigenvalue weighted by Gasteiger charge is -1.89. The third-order valence-electron chi connectivity index (χ3n) is 1.72. The number of hydrogen-bond acceptors (Lipinski definition) is 2. The molecule has 0 aromatic carbocycles. The molecule has 2 N–H and O–H groups in total. The fourth-order valence-electron chi connectivity index (χ4n) is 1.18. The monoisotopic (exact) mass is 133 g/mol. The summed E-state index contributed by atoms with van der Waals surface area (Å²) >= 11 is 0. The minimum absolute atomic E-state index is 0.366. The van der Waals surface area contributed by atoms with Crippen LogP contribution in [-0.4, -0.2) is 16.0 Å². The highest BCUT2D eigenvalue weighted by Gasteiger charge is 2.19. The quantitative estimate of drug-likeness (QED) is 0.528. The first-order valence-corrected chi connectivity index (χ1v) is 3.11. The highest BCUT2D eigenvalue weighted by Crippen LogP contribution is 2.11. The molecule has 3 nitrogen and oxygen atoms in total. The Morgan fingerprint density at radius 1 is 1.40 bits per heavy atom. The highest BCUT2D eigenvalue weighted by atomic mass is 15.0. The van der Waals surface area contributed by atoms with Crippen molar-refractivity contribution < 1.29 is 0 Å². The van der Waals surface area contributed by atoms with Crippen LogP contribution in [0.15, 0.2) is 18.3 Å². The van der Waals surface area contributed by atoms with Gasteiger partial charge in [0.15, 0.2) is 0 Å². The molecule has 0 fully saturated rings. The predicted molar refractivity (Wildman–Crippen MR) is 39.0 cm³/mol. The second-order valence-corrected chi connectivity index (χ2v) is 2.37. The van der Waals surface area contributed by atoms with E-state index in [-0.39, 0.29) is 0 Å². The van der Waals surface area contributed by atoms with Crippen molar-refractivity contribution in [3.05, 3.63) is 24.0 Å². The van der Waals surface area contributed by atoms with Crippen LogP contribution in [0.4, 0.5) is 0 Å². The van der Waals surface area contributed by atoms with Gasteiger partial charge in [0.2, 0.25) is 0 Å². The third-order valence-corrected chi connectivity index (χ3v) is 1.72. The Morgan fingerprint density at radius 3 is 2.90 bits per heavy atom. The molecule has 0 spiro atoms. The van der Waals surface area contributed by atoms with E-state index < -0.39 is 0 Å². The molecule has 2 rings (SSSR count). The first kappa shape index (κ1) is 5.41. The molecule has 0 unspecified atom stereocenters. The Balaban J connectivity index is 2.63. The topological polar surface area (TPSA) is 52.6 Å². The fraction of sp³-hybridized carbons (Fsp3) is 0.143. The summed E-state index contributed by atoms with van der Waals surface area (Å²) in [5, 5.41) is 14.7. The maximum absolute atomic E-state index is 7.41. The van der Waals surface area contributed by atoms with Crippen LogP contribution in [0.25, 0.3) is 0 Å². The molecule has 0 amide bonds. The lowest BCUT2D eigenvalue weighted by molar-refractivity contribution is 0.878. The standard InChI is InChI=1S/C7H7N3/c8-5-4-10-3-1-2-6(10)7(5)9/h1-3,8-9H,4H2. The van der Waals surface area contributed by atoms with Crippen LogP contribution in [0.3, 0.4) is 0 Å². The van der Waals surface area contributed by atoms with E-state index in [0.29, 0.717) is 18.0 Å². The van der Waals surface area contributed by atoms with Gasteiger partial charge in [-0.25, -0.2) is 0 Å². The molecule has 0 saturated carbocycles. The molecule has 1 aliphatic heterocycles. The first-order chi connectivity index (χ1) is 4.79. The lowest BCUT2D eigenvalue weighted by Crippen LogP contribution is -2.05. The van der Waals surface area contributed by atoms with Crippen molar-refractivity contribution in [1.82, 2.24) is 4.57 Å². The molecule has 2 heterocycles. The molecular weight excluding hydrogens is 126 g/mol. The summed E-state index contributed by atoms with van der Waals surface area (Å²) in [6.45, 7) is 0.571. The molecular formula is C7H7N3. The lowest BCUT2D eigenvalue weighted by atomic mass is 10.2. The van der Waals surface area contributed by atoms with Crippen molar-refractivity contribution in [3.63, 3.8) is 0 Å². The summed E-state index contributed by atoms with van der Waals surface area (Å²) < 4.78 is 1.91. The summed E-state index contributed by atoms with van der Waals surface area (Å²) in [6, 6.07) is 3.76. The summed E-state index contributed by atoms with van der Waals surface area (Å²) in [7, 11) is 0. The highest BCUT2D eigenvalue weighted by molar-refractivity contribution is 6.47. The zero-order valence-electron chi connectivity index (χ0n) is 5.39. The van der Waals surface area contributed by atoms with E-state index in [0.717, 1.165) is 5.69 Å². The zero-order chi connectivity index (χ0) is 7.14. The number of nitrogens with one attached hydrogen (secondary N) is 2. The van der Waals surface area contributed by atoms with Crippen molar-refractivity contribution in [1.29, 1.82) is 10.8 Å². The van der Waals surface area contributed by atoms with Crippen LogP contribution in [0.5, 0.6) is 0 Å². The van der Waals surface area contributed by atoms with Gasteiger partial charge in [-0.3, -0.25) is 5.41 Å². The molecule has 1 aliphatic rings. The average Bonchev–Trinajstić information content (AvgIpc) is 2.41. The van der Waals surface area contributed by atoms with Crippen molar-refractivity contribution >= 4 is 11.4 Å². The van der Waals surface area contributed by atoms with Gasteiger partial charge in [-0.05, 0) is 12.1 Å². The van der Waals surface area contributed by atoms with Crippen LogP contribution in [0.2, 0.25) is 0 Å². The largest absolute Gasteiger partial charge is 0.340 e. The SMILES string of the molecule is N=C1Cn2cccc2C1=N. The van der Waals surface area contributed by atoms with Gasteiger partial charge in [0.05, 0.1) is 18.0 Å².